The van der Waals surface area contributed by atoms with Gasteiger partial charge in [0.2, 0.25) is 11.8 Å². The molecule has 3 aliphatic rings. The van der Waals surface area contributed by atoms with Gasteiger partial charge in [-0.3, -0.25) is 14.5 Å². The zero-order valence-electron chi connectivity index (χ0n) is 16.1. The van der Waals surface area contributed by atoms with E-state index < -0.39 is 11.9 Å². The standard InChI is InChI=1S/C21H28N4O3/c22-21(28)25-14-16(9-19(25)26)20(27)24-12-17-10-23(11-18(17)13-24)8-4-7-15-5-2-1-3-6-15/h1-3,5-6,16-18H,4,7-14H2,(H2,22,28)/t16-,17?,18?/m0/s1. The summed E-state index contributed by atoms with van der Waals surface area (Å²) in [6.07, 6.45) is 2.35. The van der Waals surface area contributed by atoms with Crippen LogP contribution in [0.1, 0.15) is 18.4 Å². The summed E-state index contributed by atoms with van der Waals surface area (Å²) >= 11 is 0. The molecule has 0 bridgehead atoms. The van der Waals surface area contributed by atoms with E-state index in [0.29, 0.717) is 11.8 Å². The molecule has 4 amide bonds. The van der Waals surface area contributed by atoms with Gasteiger partial charge < -0.3 is 15.5 Å². The van der Waals surface area contributed by atoms with Crippen molar-refractivity contribution < 1.29 is 14.4 Å². The average Bonchev–Trinajstić information content (AvgIpc) is 3.35. The van der Waals surface area contributed by atoms with Gasteiger partial charge in [0.05, 0.1) is 5.92 Å². The van der Waals surface area contributed by atoms with Gasteiger partial charge in [0.1, 0.15) is 0 Å². The highest BCUT2D eigenvalue weighted by Crippen LogP contribution is 2.33. The summed E-state index contributed by atoms with van der Waals surface area (Å²) in [5.41, 5.74) is 6.59. The molecule has 7 heteroatoms. The van der Waals surface area contributed by atoms with Crippen LogP contribution in [0.5, 0.6) is 0 Å². The molecule has 3 atom stereocenters. The van der Waals surface area contributed by atoms with E-state index in [-0.39, 0.29) is 24.8 Å². The number of fused-ring (bicyclic) bond motifs is 1. The first-order valence-corrected chi connectivity index (χ1v) is 10.2. The molecule has 0 aliphatic carbocycles. The van der Waals surface area contributed by atoms with Crippen LogP contribution in [0.3, 0.4) is 0 Å². The number of hydrogen-bond acceptors (Lipinski definition) is 4. The first-order chi connectivity index (χ1) is 13.5. The molecule has 0 spiro atoms. The minimum atomic E-state index is -0.760. The van der Waals surface area contributed by atoms with Crippen LogP contribution in [-0.2, 0) is 16.0 Å². The molecule has 2 N–H and O–H groups in total. The highest BCUT2D eigenvalue weighted by Gasteiger charge is 2.45. The average molecular weight is 384 g/mol. The second-order valence-electron chi connectivity index (χ2n) is 8.36. The van der Waals surface area contributed by atoms with E-state index in [4.69, 9.17) is 5.73 Å². The van der Waals surface area contributed by atoms with Crippen LogP contribution in [0.2, 0.25) is 0 Å². The Morgan fingerprint density at radius 3 is 2.29 bits per heavy atom. The predicted octanol–water partition coefficient (Wildman–Crippen LogP) is 0.937. The molecule has 28 heavy (non-hydrogen) atoms. The third-order valence-electron chi connectivity index (χ3n) is 6.40. The molecule has 0 saturated carbocycles. The normalized spacial score (nSPS) is 27.4. The summed E-state index contributed by atoms with van der Waals surface area (Å²) in [5.74, 6) is 0.271. The Labute approximate surface area is 165 Å². The van der Waals surface area contributed by atoms with Gasteiger partial charge in [-0.1, -0.05) is 30.3 Å². The molecule has 3 heterocycles. The van der Waals surface area contributed by atoms with Gasteiger partial charge >= 0.3 is 6.03 Å². The van der Waals surface area contributed by atoms with E-state index in [2.05, 4.69) is 29.2 Å². The number of imide groups is 1. The van der Waals surface area contributed by atoms with Crippen LogP contribution in [0.15, 0.2) is 30.3 Å². The van der Waals surface area contributed by atoms with Crippen molar-refractivity contribution in [3.05, 3.63) is 35.9 Å². The number of primary amides is 1. The van der Waals surface area contributed by atoms with Crippen molar-refractivity contribution in [2.24, 2.45) is 23.5 Å². The zero-order chi connectivity index (χ0) is 19.7. The summed E-state index contributed by atoms with van der Waals surface area (Å²) in [5, 5.41) is 0. The molecule has 3 aliphatic heterocycles. The molecular weight excluding hydrogens is 356 g/mol. The van der Waals surface area contributed by atoms with Crippen molar-refractivity contribution in [2.45, 2.75) is 19.3 Å². The maximum absolute atomic E-state index is 12.8. The topological polar surface area (TPSA) is 86.9 Å². The summed E-state index contributed by atoms with van der Waals surface area (Å²) in [4.78, 5) is 41.3. The Hall–Kier alpha value is -2.41. The molecule has 7 nitrogen and oxygen atoms in total. The summed E-state index contributed by atoms with van der Waals surface area (Å²) in [7, 11) is 0. The van der Waals surface area contributed by atoms with Crippen LogP contribution in [0.25, 0.3) is 0 Å². The number of nitrogens with zero attached hydrogens (tertiary/aromatic N) is 3. The number of likely N-dealkylation sites (tertiary alicyclic amines) is 3. The van der Waals surface area contributed by atoms with E-state index in [0.717, 1.165) is 50.5 Å². The highest BCUT2D eigenvalue weighted by atomic mass is 16.2. The number of carbonyl (C=O) groups excluding carboxylic acids is 3. The van der Waals surface area contributed by atoms with Crippen molar-refractivity contribution in [1.82, 2.24) is 14.7 Å². The quantitative estimate of drug-likeness (QED) is 0.818. The van der Waals surface area contributed by atoms with E-state index in [1.54, 1.807) is 0 Å². The maximum Gasteiger partial charge on any atom is 0.321 e. The van der Waals surface area contributed by atoms with Crippen LogP contribution in [-0.4, -0.2) is 71.8 Å². The number of hydrogen-bond donors (Lipinski definition) is 1. The number of urea groups is 1. The van der Waals surface area contributed by atoms with Crippen molar-refractivity contribution in [2.75, 3.05) is 39.3 Å². The third-order valence-corrected chi connectivity index (χ3v) is 6.40. The molecular formula is C21H28N4O3. The SMILES string of the molecule is NC(=O)N1C[C@@H](C(=O)N2CC3CN(CCCc4ccccc4)CC3C2)CC1=O. The number of benzene rings is 1. The number of aryl methyl sites for hydroxylation is 1. The molecule has 1 aromatic rings. The van der Waals surface area contributed by atoms with E-state index >= 15 is 0 Å². The molecule has 4 rings (SSSR count). The molecule has 0 aromatic heterocycles. The Bertz CT molecular complexity index is 739. The van der Waals surface area contributed by atoms with Gasteiger partial charge in [-0.25, -0.2) is 4.79 Å². The minimum absolute atomic E-state index is 0.00197. The summed E-state index contributed by atoms with van der Waals surface area (Å²) in [6, 6.07) is 9.81. The lowest BCUT2D eigenvalue weighted by molar-refractivity contribution is -0.135. The smallest absolute Gasteiger partial charge is 0.321 e. The number of rotatable bonds is 5. The Morgan fingerprint density at radius 2 is 1.68 bits per heavy atom. The van der Waals surface area contributed by atoms with E-state index in [1.165, 1.54) is 5.56 Å². The number of carbonyl (C=O) groups is 3. The van der Waals surface area contributed by atoms with Crippen molar-refractivity contribution in [1.29, 1.82) is 0 Å². The third kappa shape index (κ3) is 3.90. The fraction of sp³-hybridized carbons (Fsp3) is 0.571. The van der Waals surface area contributed by atoms with Gasteiger partial charge in [-0.2, -0.15) is 0 Å². The largest absolute Gasteiger partial charge is 0.351 e. The molecule has 3 fully saturated rings. The van der Waals surface area contributed by atoms with Crippen LogP contribution >= 0.6 is 0 Å². The van der Waals surface area contributed by atoms with Gasteiger partial charge in [-0.05, 0) is 36.8 Å². The molecule has 1 aromatic carbocycles. The lowest BCUT2D eigenvalue weighted by Crippen LogP contribution is -2.40. The maximum atomic E-state index is 12.8. The minimum Gasteiger partial charge on any atom is -0.351 e. The van der Waals surface area contributed by atoms with Crippen molar-refractivity contribution >= 4 is 17.8 Å². The van der Waals surface area contributed by atoms with E-state index in [1.807, 2.05) is 11.0 Å². The van der Waals surface area contributed by atoms with Gasteiger partial charge in [0.25, 0.3) is 0 Å². The molecule has 150 valence electrons. The van der Waals surface area contributed by atoms with E-state index in [9.17, 15) is 14.4 Å². The van der Waals surface area contributed by atoms with Crippen molar-refractivity contribution in [3.63, 3.8) is 0 Å². The zero-order valence-corrected chi connectivity index (χ0v) is 16.1. The van der Waals surface area contributed by atoms with Gasteiger partial charge in [0, 0.05) is 39.1 Å². The summed E-state index contributed by atoms with van der Waals surface area (Å²) in [6.45, 7) is 4.84. The first kappa shape index (κ1) is 18.9. The lowest BCUT2D eigenvalue weighted by atomic mass is 10.0. The van der Waals surface area contributed by atoms with Crippen LogP contribution in [0.4, 0.5) is 4.79 Å². The monoisotopic (exact) mass is 384 g/mol. The Balaban J connectivity index is 1.22. The fourth-order valence-corrected chi connectivity index (χ4v) is 4.95. The van der Waals surface area contributed by atoms with Gasteiger partial charge in [-0.15, -0.1) is 0 Å². The second kappa shape index (κ2) is 7.91. The fourth-order valence-electron chi connectivity index (χ4n) is 4.95. The molecule has 3 saturated heterocycles. The number of nitrogens with two attached hydrogens (primary N) is 1. The Kier molecular flexibility index (Phi) is 5.35. The highest BCUT2D eigenvalue weighted by molar-refractivity contribution is 5.99. The molecule has 0 radical (unpaired) electrons. The summed E-state index contributed by atoms with van der Waals surface area (Å²) < 4.78 is 0. The first-order valence-electron chi connectivity index (χ1n) is 10.2. The Morgan fingerprint density at radius 1 is 1.00 bits per heavy atom. The second-order valence-corrected chi connectivity index (χ2v) is 8.36. The predicted molar refractivity (Wildman–Crippen MR) is 104 cm³/mol. The van der Waals surface area contributed by atoms with Crippen molar-refractivity contribution in [3.8, 4) is 0 Å². The van der Waals surface area contributed by atoms with Crippen LogP contribution in [0, 0.1) is 17.8 Å². The molecule has 2 unspecified atom stereocenters. The van der Waals surface area contributed by atoms with Crippen LogP contribution < -0.4 is 5.73 Å². The van der Waals surface area contributed by atoms with Gasteiger partial charge in [0.15, 0.2) is 0 Å². The lowest BCUT2D eigenvalue weighted by Gasteiger charge is -2.23. The number of amides is 4.